The molecule has 1 saturated heterocycles. The van der Waals surface area contributed by atoms with Gasteiger partial charge in [-0.15, -0.1) is 0 Å². The number of para-hydroxylation sites is 2. The largest absolute Gasteiger partial charge is 0.476 e. The molecular formula is C21H19N3O4. The van der Waals surface area contributed by atoms with Crippen LogP contribution in [0.1, 0.15) is 15.9 Å². The van der Waals surface area contributed by atoms with E-state index in [0.717, 1.165) is 0 Å². The van der Waals surface area contributed by atoms with Crippen LogP contribution < -0.4 is 9.64 Å². The van der Waals surface area contributed by atoms with E-state index in [2.05, 4.69) is 0 Å². The van der Waals surface area contributed by atoms with Crippen molar-refractivity contribution in [3.05, 3.63) is 59.7 Å². The third-order valence-corrected chi connectivity index (χ3v) is 4.88. The number of hydrogen-bond donors (Lipinski definition) is 0. The third-order valence-electron chi connectivity index (χ3n) is 4.88. The number of rotatable bonds is 2. The van der Waals surface area contributed by atoms with Crippen molar-refractivity contribution >= 4 is 17.5 Å². The molecule has 2 heterocycles. The van der Waals surface area contributed by atoms with Crippen LogP contribution in [0.15, 0.2) is 48.5 Å². The van der Waals surface area contributed by atoms with E-state index in [1.165, 1.54) is 0 Å². The summed E-state index contributed by atoms with van der Waals surface area (Å²) in [4.78, 5) is 29.4. The molecule has 2 amide bonds. The van der Waals surface area contributed by atoms with Crippen molar-refractivity contribution in [1.82, 2.24) is 4.90 Å². The molecule has 0 spiro atoms. The molecule has 7 nitrogen and oxygen atoms in total. The molecule has 2 aliphatic rings. The van der Waals surface area contributed by atoms with Crippen molar-refractivity contribution < 1.29 is 19.1 Å². The lowest BCUT2D eigenvalue weighted by atomic mass is 10.1. The molecule has 0 aromatic heterocycles. The van der Waals surface area contributed by atoms with Gasteiger partial charge in [-0.05, 0) is 36.4 Å². The maximum Gasteiger partial charge on any atom is 0.265 e. The molecule has 2 aromatic carbocycles. The number of nitriles is 1. The van der Waals surface area contributed by atoms with Crippen molar-refractivity contribution in [2.45, 2.75) is 6.10 Å². The average Bonchev–Trinajstić information content (AvgIpc) is 2.78. The molecule has 7 heteroatoms. The Kier molecular flexibility index (Phi) is 4.96. The minimum absolute atomic E-state index is 0.131. The van der Waals surface area contributed by atoms with Crippen molar-refractivity contribution in [3.63, 3.8) is 0 Å². The summed E-state index contributed by atoms with van der Waals surface area (Å²) < 4.78 is 11.2. The van der Waals surface area contributed by atoms with Crippen LogP contribution in [0.2, 0.25) is 0 Å². The second-order valence-corrected chi connectivity index (χ2v) is 6.62. The van der Waals surface area contributed by atoms with E-state index in [1.54, 1.807) is 46.2 Å². The summed E-state index contributed by atoms with van der Waals surface area (Å²) in [7, 11) is 0. The molecule has 2 aliphatic heterocycles. The van der Waals surface area contributed by atoms with Gasteiger partial charge in [0.25, 0.3) is 11.8 Å². The fraction of sp³-hybridized carbons (Fsp3) is 0.286. The molecule has 0 saturated carbocycles. The summed E-state index contributed by atoms with van der Waals surface area (Å²) in [6, 6.07) is 15.7. The lowest BCUT2D eigenvalue weighted by molar-refractivity contribution is -0.142. The minimum Gasteiger partial charge on any atom is -0.476 e. The Balaban J connectivity index is 1.62. The van der Waals surface area contributed by atoms with Gasteiger partial charge in [0, 0.05) is 18.7 Å². The Bertz CT molecular complexity index is 929. The maximum atomic E-state index is 13.1. The zero-order chi connectivity index (χ0) is 19.5. The average molecular weight is 377 g/mol. The van der Waals surface area contributed by atoms with E-state index < -0.39 is 6.10 Å². The summed E-state index contributed by atoms with van der Waals surface area (Å²) in [6.45, 7) is 2.17. The molecule has 0 aliphatic carbocycles. The second kappa shape index (κ2) is 7.71. The summed E-state index contributed by atoms with van der Waals surface area (Å²) in [5, 5.41) is 8.95. The van der Waals surface area contributed by atoms with Gasteiger partial charge in [0.2, 0.25) is 0 Å². The molecular weight excluding hydrogens is 358 g/mol. The quantitative estimate of drug-likeness (QED) is 0.797. The van der Waals surface area contributed by atoms with Crippen LogP contribution >= 0.6 is 0 Å². The van der Waals surface area contributed by atoms with E-state index >= 15 is 0 Å². The van der Waals surface area contributed by atoms with Gasteiger partial charge in [0.1, 0.15) is 5.75 Å². The SMILES string of the molecule is N#Cc1ccc(C(=O)N2CC(C(=O)N3CCOCC3)Oc3ccccc32)cc1. The highest BCUT2D eigenvalue weighted by Crippen LogP contribution is 2.34. The fourth-order valence-electron chi connectivity index (χ4n) is 3.39. The number of hydrogen-bond acceptors (Lipinski definition) is 5. The lowest BCUT2D eigenvalue weighted by Gasteiger charge is -2.37. The Morgan fingerprint density at radius 3 is 2.46 bits per heavy atom. The van der Waals surface area contributed by atoms with Crippen LogP contribution in [-0.4, -0.2) is 55.7 Å². The number of fused-ring (bicyclic) bond motifs is 1. The molecule has 0 N–H and O–H groups in total. The molecule has 1 unspecified atom stereocenters. The Morgan fingerprint density at radius 1 is 1.04 bits per heavy atom. The Labute approximate surface area is 162 Å². The van der Waals surface area contributed by atoms with Crippen molar-refractivity contribution in [2.75, 3.05) is 37.7 Å². The van der Waals surface area contributed by atoms with Crippen LogP contribution in [0.5, 0.6) is 5.75 Å². The van der Waals surface area contributed by atoms with Gasteiger partial charge < -0.3 is 19.3 Å². The van der Waals surface area contributed by atoms with Gasteiger partial charge in [-0.3, -0.25) is 9.59 Å². The van der Waals surface area contributed by atoms with Gasteiger partial charge in [0.05, 0.1) is 37.1 Å². The zero-order valence-corrected chi connectivity index (χ0v) is 15.2. The first-order valence-corrected chi connectivity index (χ1v) is 9.11. The number of nitrogens with zero attached hydrogens (tertiary/aromatic N) is 3. The minimum atomic E-state index is -0.768. The van der Waals surface area contributed by atoms with Gasteiger partial charge in [0.15, 0.2) is 6.10 Å². The molecule has 4 rings (SSSR count). The molecule has 28 heavy (non-hydrogen) atoms. The Hall–Kier alpha value is -3.37. The number of carbonyl (C=O) groups is 2. The first kappa shape index (κ1) is 18.0. The van der Waals surface area contributed by atoms with Gasteiger partial charge >= 0.3 is 0 Å². The maximum absolute atomic E-state index is 13.1. The molecule has 1 atom stereocenters. The van der Waals surface area contributed by atoms with Crippen LogP contribution in [-0.2, 0) is 9.53 Å². The second-order valence-electron chi connectivity index (χ2n) is 6.62. The summed E-state index contributed by atoms with van der Waals surface area (Å²) in [5.41, 5.74) is 1.57. The summed E-state index contributed by atoms with van der Waals surface area (Å²) in [6.07, 6.45) is -0.768. The van der Waals surface area contributed by atoms with Crippen LogP contribution in [0, 0.1) is 11.3 Å². The molecule has 0 bridgehead atoms. The smallest absolute Gasteiger partial charge is 0.265 e. The monoisotopic (exact) mass is 377 g/mol. The molecule has 0 radical (unpaired) electrons. The number of carbonyl (C=O) groups excluding carboxylic acids is 2. The van der Waals surface area contributed by atoms with E-state index in [-0.39, 0.29) is 18.4 Å². The normalized spacial score (nSPS) is 18.6. The van der Waals surface area contributed by atoms with Crippen molar-refractivity contribution in [2.24, 2.45) is 0 Å². The highest BCUT2D eigenvalue weighted by molar-refractivity contribution is 6.08. The van der Waals surface area contributed by atoms with Crippen molar-refractivity contribution in [1.29, 1.82) is 5.26 Å². The highest BCUT2D eigenvalue weighted by atomic mass is 16.5. The fourth-order valence-corrected chi connectivity index (χ4v) is 3.39. The van der Waals surface area contributed by atoms with E-state index in [9.17, 15) is 9.59 Å². The molecule has 142 valence electrons. The number of anilines is 1. The Morgan fingerprint density at radius 2 is 1.75 bits per heavy atom. The topological polar surface area (TPSA) is 82.9 Å². The van der Waals surface area contributed by atoms with Crippen molar-refractivity contribution in [3.8, 4) is 11.8 Å². The number of amides is 2. The van der Waals surface area contributed by atoms with Crippen LogP contribution in [0.3, 0.4) is 0 Å². The van der Waals surface area contributed by atoms with Gasteiger partial charge in [-0.1, -0.05) is 12.1 Å². The number of ether oxygens (including phenoxy) is 2. The first-order valence-electron chi connectivity index (χ1n) is 9.11. The standard InChI is InChI=1S/C21H19N3O4/c22-13-15-5-7-16(8-6-15)20(25)24-14-19(21(26)23-9-11-27-12-10-23)28-18-4-2-1-3-17(18)24/h1-8,19H,9-12,14H2. The third kappa shape index (κ3) is 3.42. The first-order chi connectivity index (χ1) is 13.7. The predicted octanol–water partition coefficient (Wildman–Crippen LogP) is 1.82. The van der Waals surface area contributed by atoms with E-state index in [4.69, 9.17) is 14.7 Å². The zero-order valence-electron chi connectivity index (χ0n) is 15.2. The summed E-state index contributed by atoms with van der Waals surface area (Å²) >= 11 is 0. The lowest BCUT2D eigenvalue weighted by Crippen LogP contribution is -2.54. The predicted molar refractivity (Wildman–Crippen MR) is 101 cm³/mol. The summed E-state index contributed by atoms with van der Waals surface area (Å²) in [5.74, 6) is 0.123. The van der Waals surface area contributed by atoms with Gasteiger partial charge in [-0.2, -0.15) is 5.26 Å². The number of morpholine rings is 1. The van der Waals surface area contributed by atoms with Gasteiger partial charge in [-0.25, -0.2) is 0 Å². The van der Waals surface area contributed by atoms with Crippen LogP contribution in [0.4, 0.5) is 5.69 Å². The van der Waals surface area contributed by atoms with E-state index in [0.29, 0.717) is 48.9 Å². The molecule has 1 fully saturated rings. The van der Waals surface area contributed by atoms with E-state index in [1.807, 2.05) is 18.2 Å². The highest BCUT2D eigenvalue weighted by Gasteiger charge is 2.36. The molecule has 2 aromatic rings. The van der Waals surface area contributed by atoms with Crippen LogP contribution in [0.25, 0.3) is 0 Å². The number of benzene rings is 2.